The molecule has 0 amide bonds. The first-order valence-corrected chi connectivity index (χ1v) is 10.8. The second-order valence-electron chi connectivity index (χ2n) is 8.21. The quantitative estimate of drug-likeness (QED) is 0.483. The molecule has 0 spiro atoms. The molecule has 8 heteroatoms. The van der Waals surface area contributed by atoms with Crippen molar-refractivity contribution in [1.82, 2.24) is 19.6 Å². The van der Waals surface area contributed by atoms with Crippen LogP contribution in [0.25, 0.3) is 17.0 Å². The summed E-state index contributed by atoms with van der Waals surface area (Å²) in [6.45, 7) is 0. The molecule has 164 valence electrons. The van der Waals surface area contributed by atoms with E-state index in [0.29, 0.717) is 47.2 Å². The highest BCUT2D eigenvalue weighted by Crippen LogP contribution is 2.47. The maximum absolute atomic E-state index is 13.1. The number of fused-ring (bicyclic) bond motifs is 3. The molecule has 4 aromatic rings. The first-order chi connectivity index (χ1) is 16.1. The minimum atomic E-state index is -0.345. The fraction of sp³-hybridized carbons (Fsp3) is 0.200. The van der Waals surface area contributed by atoms with Gasteiger partial charge in [-0.3, -0.25) is 4.79 Å². The van der Waals surface area contributed by atoms with Crippen LogP contribution in [0.1, 0.15) is 36.3 Å². The molecule has 8 nitrogen and oxygen atoms in total. The Kier molecular flexibility index (Phi) is 4.39. The van der Waals surface area contributed by atoms with Crippen LogP contribution in [0.4, 0.5) is 5.69 Å². The van der Waals surface area contributed by atoms with Gasteiger partial charge in [0.05, 0.1) is 12.7 Å². The van der Waals surface area contributed by atoms with Crippen molar-refractivity contribution in [2.75, 3.05) is 12.8 Å². The van der Waals surface area contributed by atoms with Crippen LogP contribution in [0.2, 0.25) is 0 Å². The van der Waals surface area contributed by atoms with Gasteiger partial charge in [0.25, 0.3) is 0 Å². The van der Waals surface area contributed by atoms with Gasteiger partial charge in [-0.15, -0.1) is 5.10 Å². The highest BCUT2D eigenvalue weighted by atomic mass is 16.5. The van der Waals surface area contributed by atoms with E-state index in [0.717, 1.165) is 28.9 Å². The Morgan fingerprint density at radius 2 is 1.88 bits per heavy atom. The highest BCUT2D eigenvalue weighted by Gasteiger charge is 2.39. The molecule has 2 aromatic carbocycles. The summed E-state index contributed by atoms with van der Waals surface area (Å²) in [6, 6.07) is 15.1. The first kappa shape index (κ1) is 19.5. The number of ether oxygens (including phenoxy) is 2. The Morgan fingerprint density at radius 1 is 1.09 bits per heavy atom. The number of hydrogen-bond donors (Lipinski definition) is 1. The Morgan fingerprint density at radius 3 is 2.64 bits per heavy atom. The van der Waals surface area contributed by atoms with E-state index < -0.39 is 0 Å². The predicted molar refractivity (Wildman–Crippen MR) is 122 cm³/mol. The second-order valence-corrected chi connectivity index (χ2v) is 8.21. The largest absolute Gasteiger partial charge is 0.497 e. The van der Waals surface area contributed by atoms with Crippen LogP contribution < -0.4 is 15.2 Å². The van der Waals surface area contributed by atoms with E-state index in [-0.39, 0.29) is 11.7 Å². The molecule has 2 aliphatic rings. The van der Waals surface area contributed by atoms with E-state index >= 15 is 0 Å². The van der Waals surface area contributed by atoms with Crippen molar-refractivity contribution in [3.8, 4) is 23.0 Å². The molecular formula is C25H21N5O3. The van der Waals surface area contributed by atoms with Gasteiger partial charge in [-0.05, 0) is 48.4 Å². The number of nitrogens with zero attached hydrogens (tertiary/aromatic N) is 4. The lowest BCUT2D eigenvalue weighted by Gasteiger charge is -2.32. The van der Waals surface area contributed by atoms with Crippen LogP contribution in [0.5, 0.6) is 11.6 Å². The standard InChI is InChI=1S/C25H21N5O3/c1-32-17-11-7-14(8-12-17)20-21-18(31)3-2-4-19(21)33-25-22(20)24-28-23(29-30(24)13-27-25)15-5-9-16(26)10-6-15/h5-13,20H,2-4,26H2,1H3. The lowest BCUT2D eigenvalue weighted by Crippen LogP contribution is -2.26. The minimum Gasteiger partial charge on any atom is -0.497 e. The van der Waals surface area contributed by atoms with Crippen molar-refractivity contribution in [3.05, 3.63) is 77.3 Å². The molecule has 2 N–H and O–H groups in total. The van der Waals surface area contributed by atoms with Crippen molar-refractivity contribution in [2.45, 2.75) is 25.2 Å². The Labute approximate surface area is 189 Å². The zero-order valence-electron chi connectivity index (χ0n) is 18.0. The third-order valence-corrected chi connectivity index (χ3v) is 6.21. The molecular weight excluding hydrogens is 418 g/mol. The molecule has 0 saturated carbocycles. The number of nitrogen functional groups attached to an aromatic ring is 1. The van der Waals surface area contributed by atoms with Crippen molar-refractivity contribution in [3.63, 3.8) is 0 Å². The summed E-state index contributed by atoms with van der Waals surface area (Å²) in [5, 5.41) is 4.62. The van der Waals surface area contributed by atoms with E-state index in [1.165, 1.54) is 0 Å². The number of anilines is 1. The third-order valence-electron chi connectivity index (χ3n) is 6.21. The van der Waals surface area contributed by atoms with E-state index in [1.807, 2.05) is 48.5 Å². The van der Waals surface area contributed by atoms with Crippen molar-refractivity contribution < 1.29 is 14.3 Å². The monoisotopic (exact) mass is 439 g/mol. The minimum absolute atomic E-state index is 0.1000. The van der Waals surface area contributed by atoms with Crippen LogP contribution in [0, 0.1) is 0 Å². The van der Waals surface area contributed by atoms with Crippen LogP contribution in [-0.2, 0) is 4.79 Å². The summed E-state index contributed by atoms with van der Waals surface area (Å²) < 4.78 is 13.1. The molecule has 33 heavy (non-hydrogen) atoms. The number of aromatic nitrogens is 4. The van der Waals surface area contributed by atoms with Gasteiger partial charge in [0.15, 0.2) is 17.3 Å². The molecule has 0 fully saturated rings. The van der Waals surface area contributed by atoms with Gasteiger partial charge in [-0.1, -0.05) is 12.1 Å². The number of nitrogens with two attached hydrogens (primary N) is 1. The third kappa shape index (κ3) is 3.14. The average molecular weight is 439 g/mol. The molecule has 0 bridgehead atoms. The summed E-state index contributed by atoms with van der Waals surface area (Å²) in [5.74, 6) is 2.22. The second kappa shape index (κ2) is 7.44. The Balaban J connectivity index is 1.58. The van der Waals surface area contributed by atoms with Crippen molar-refractivity contribution in [2.24, 2.45) is 0 Å². The van der Waals surface area contributed by atoms with Gasteiger partial charge in [0, 0.05) is 35.6 Å². The van der Waals surface area contributed by atoms with E-state index in [9.17, 15) is 4.79 Å². The van der Waals surface area contributed by atoms with Crippen molar-refractivity contribution in [1.29, 1.82) is 0 Å². The summed E-state index contributed by atoms with van der Waals surface area (Å²) in [4.78, 5) is 22.5. The van der Waals surface area contributed by atoms with Gasteiger partial charge in [0.2, 0.25) is 5.88 Å². The van der Waals surface area contributed by atoms with E-state index in [2.05, 4.69) is 10.1 Å². The Bertz CT molecular complexity index is 1420. The van der Waals surface area contributed by atoms with Gasteiger partial charge < -0.3 is 15.2 Å². The number of carbonyl (C=O) groups excluding carboxylic acids is 1. The lowest BCUT2D eigenvalue weighted by atomic mass is 9.78. The lowest BCUT2D eigenvalue weighted by molar-refractivity contribution is -0.116. The maximum atomic E-state index is 13.1. The predicted octanol–water partition coefficient (Wildman–Crippen LogP) is 3.91. The van der Waals surface area contributed by atoms with Crippen molar-refractivity contribution >= 4 is 17.1 Å². The summed E-state index contributed by atoms with van der Waals surface area (Å²) in [6.07, 6.45) is 3.59. The molecule has 0 saturated heterocycles. The zero-order valence-corrected chi connectivity index (χ0v) is 18.0. The van der Waals surface area contributed by atoms with Gasteiger partial charge in [-0.2, -0.15) is 0 Å². The topological polar surface area (TPSA) is 105 Å². The van der Waals surface area contributed by atoms with Crippen LogP contribution in [-0.4, -0.2) is 32.5 Å². The van der Waals surface area contributed by atoms with Crippen LogP contribution in [0.15, 0.2) is 66.2 Å². The number of ketones is 1. The molecule has 2 aromatic heterocycles. The summed E-state index contributed by atoms with van der Waals surface area (Å²) >= 11 is 0. The van der Waals surface area contributed by atoms with E-state index in [4.69, 9.17) is 20.2 Å². The fourth-order valence-electron chi connectivity index (χ4n) is 4.60. The molecule has 3 heterocycles. The molecule has 1 atom stereocenters. The first-order valence-electron chi connectivity index (χ1n) is 10.8. The molecule has 1 unspecified atom stereocenters. The molecule has 6 rings (SSSR count). The van der Waals surface area contributed by atoms with Crippen LogP contribution in [0.3, 0.4) is 0 Å². The fourth-order valence-corrected chi connectivity index (χ4v) is 4.60. The van der Waals surface area contributed by atoms with Gasteiger partial charge in [0.1, 0.15) is 17.8 Å². The normalized spacial score (nSPS) is 17.5. The SMILES string of the molecule is COc1ccc(C2C3=C(CCCC3=O)Oc3ncn4nc(-c5ccc(N)cc5)nc4c32)cc1. The van der Waals surface area contributed by atoms with Gasteiger partial charge >= 0.3 is 0 Å². The van der Waals surface area contributed by atoms with Crippen LogP contribution >= 0.6 is 0 Å². The van der Waals surface area contributed by atoms with Gasteiger partial charge in [-0.25, -0.2) is 14.5 Å². The zero-order chi connectivity index (χ0) is 22.5. The van der Waals surface area contributed by atoms with E-state index in [1.54, 1.807) is 18.0 Å². The average Bonchev–Trinajstić information content (AvgIpc) is 3.28. The number of hydrogen-bond acceptors (Lipinski definition) is 7. The number of rotatable bonds is 3. The molecule has 1 aliphatic carbocycles. The number of Topliss-reactive ketones (excluding diaryl/α,β-unsaturated/α-hetero) is 1. The summed E-state index contributed by atoms with van der Waals surface area (Å²) in [5.41, 5.74) is 10.3. The number of benzene rings is 2. The summed E-state index contributed by atoms with van der Waals surface area (Å²) in [7, 11) is 1.63. The molecule has 1 aliphatic heterocycles. The Hall–Kier alpha value is -4.20. The number of carbonyl (C=O) groups is 1. The maximum Gasteiger partial charge on any atom is 0.228 e. The molecule has 0 radical (unpaired) electrons. The number of allylic oxidation sites excluding steroid dienone is 2. The smallest absolute Gasteiger partial charge is 0.228 e. The number of methoxy groups -OCH3 is 1. The highest BCUT2D eigenvalue weighted by molar-refractivity contribution is 6.00.